The van der Waals surface area contributed by atoms with Gasteiger partial charge in [0.15, 0.2) is 11.5 Å². The highest BCUT2D eigenvalue weighted by molar-refractivity contribution is 7.12. The largest absolute Gasteiger partial charge is 0.493 e. The van der Waals surface area contributed by atoms with Gasteiger partial charge in [0.25, 0.3) is 0 Å². The molecular formula is C15H18O3S. The number of thiophene rings is 1. The zero-order valence-electron chi connectivity index (χ0n) is 11.6. The number of hydrogen-bond donors (Lipinski definition) is 1. The summed E-state index contributed by atoms with van der Waals surface area (Å²) in [6.45, 7) is 4.11. The maximum atomic E-state index is 10.4. The molecule has 19 heavy (non-hydrogen) atoms. The normalized spacial score (nSPS) is 12.3. The molecule has 0 spiro atoms. The van der Waals surface area contributed by atoms with E-state index in [2.05, 4.69) is 13.8 Å². The van der Waals surface area contributed by atoms with Crippen molar-refractivity contribution in [1.29, 1.82) is 0 Å². The number of aliphatic hydroxyl groups is 1. The standard InChI is InChI=1S/C15H18O3S/c1-9-7-14(19-10(9)2)15(16)11-5-6-12(17-3)13(8-11)18-4/h5-8,15-16H,1-4H3. The minimum absolute atomic E-state index is 0.628. The third-order valence-corrected chi connectivity index (χ3v) is 4.38. The van der Waals surface area contributed by atoms with E-state index in [1.807, 2.05) is 24.3 Å². The summed E-state index contributed by atoms with van der Waals surface area (Å²) >= 11 is 1.62. The van der Waals surface area contributed by atoms with Gasteiger partial charge in [-0.25, -0.2) is 0 Å². The summed E-state index contributed by atoms with van der Waals surface area (Å²) in [6, 6.07) is 7.51. The van der Waals surface area contributed by atoms with E-state index in [0.717, 1.165) is 10.4 Å². The molecule has 0 bridgehead atoms. The maximum Gasteiger partial charge on any atom is 0.161 e. The molecule has 0 saturated carbocycles. The van der Waals surface area contributed by atoms with Crippen LogP contribution in [0.3, 0.4) is 0 Å². The van der Waals surface area contributed by atoms with Crippen LogP contribution in [0.4, 0.5) is 0 Å². The molecule has 1 atom stereocenters. The number of rotatable bonds is 4. The van der Waals surface area contributed by atoms with Crippen molar-refractivity contribution in [3.63, 3.8) is 0 Å². The summed E-state index contributed by atoms with van der Waals surface area (Å²) in [5.74, 6) is 1.29. The van der Waals surface area contributed by atoms with E-state index < -0.39 is 6.10 Å². The zero-order chi connectivity index (χ0) is 14.0. The second-order valence-corrected chi connectivity index (χ2v) is 5.69. The van der Waals surface area contributed by atoms with Gasteiger partial charge in [0.05, 0.1) is 14.2 Å². The molecule has 1 unspecified atom stereocenters. The Labute approximate surface area is 117 Å². The van der Waals surface area contributed by atoms with Crippen molar-refractivity contribution in [2.24, 2.45) is 0 Å². The Morgan fingerprint density at radius 1 is 1.05 bits per heavy atom. The molecule has 0 fully saturated rings. The molecule has 1 aromatic carbocycles. The molecule has 0 aliphatic heterocycles. The molecule has 1 N–H and O–H groups in total. The average molecular weight is 278 g/mol. The molecule has 1 aromatic heterocycles. The van der Waals surface area contributed by atoms with E-state index in [1.165, 1.54) is 10.4 Å². The van der Waals surface area contributed by atoms with Crippen molar-refractivity contribution in [3.05, 3.63) is 45.1 Å². The quantitative estimate of drug-likeness (QED) is 0.930. The second kappa shape index (κ2) is 5.63. The highest BCUT2D eigenvalue weighted by Crippen LogP contribution is 2.35. The van der Waals surface area contributed by atoms with Crippen LogP contribution >= 0.6 is 11.3 Å². The fourth-order valence-electron chi connectivity index (χ4n) is 1.92. The number of benzene rings is 1. The molecule has 2 aromatic rings. The Bertz CT molecular complexity index is 555. The minimum Gasteiger partial charge on any atom is -0.493 e. The van der Waals surface area contributed by atoms with Crippen LogP contribution in [-0.2, 0) is 0 Å². The summed E-state index contributed by atoms with van der Waals surface area (Å²) in [7, 11) is 3.19. The Morgan fingerprint density at radius 3 is 2.26 bits per heavy atom. The van der Waals surface area contributed by atoms with Crippen molar-refractivity contribution >= 4 is 11.3 Å². The smallest absolute Gasteiger partial charge is 0.161 e. The number of aryl methyl sites for hydroxylation is 2. The van der Waals surface area contributed by atoms with Crippen LogP contribution in [0.1, 0.15) is 27.0 Å². The third-order valence-electron chi connectivity index (χ3n) is 3.18. The molecule has 102 valence electrons. The highest BCUT2D eigenvalue weighted by Gasteiger charge is 2.16. The van der Waals surface area contributed by atoms with E-state index in [4.69, 9.17) is 9.47 Å². The monoisotopic (exact) mass is 278 g/mol. The van der Waals surface area contributed by atoms with Crippen LogP contribution < -0.4 is 9.47 Å². The summed E-state index contributed by atoms with van der Waals surface area (Å²) in [5, 5.41) is 10.4. The molecule has 0 aliphatic carbocycles. The van der Waals surface area contributed by atoms with Crippen molar-refractivity contribution in [1.82, 2.24) is 0 Å². The molecule has 0 saturated heterocycles. The lowest BCUT2D eigenvalue weighted by Crippen LogP contribution is -1.99. The lowest BCUT2D eigenvalue weighted by molar-refractivity contribution is 0.223. The van der Waals surface area contributed by atoms with Crippen molar-refractivity contribution < 1.29 is 14.6 Å². The Balaban J connectivity index is 2.35. The fourth-order valence-corrected chi connectivity index (χ4v) is 2.98. The van der Waals surface area contributed by atoms with Crippen LogP contribution in [0, 0.1) is 13.8 Å². The minimum atomic E-state index is -0.628. The van der Waals surface area contributed by atoms with E-state index in [9.17, 15) is 5.11 Å². The predicted molar refractivity (Wildman–Crippen MR) is 77.4 cm³/mol. The Hall–Kier alpha value is -1.52. The lowest BCUT2D eigenvalue weighted by atomic mass is 10.1. The average Bonchev–Trinajstić information content (AvgIpc) is 2.77. The van der Waals surface area contributed by atoms with Gasteiger partial charge in [0.1, 0.15) is 6.10 Å². The molecule has 0 amide bonds. The molecule has 1 heterocycles. The van der Waals surface area contributed by atoms with Gasteiger partial charge in [0.2, 0.25) is 0 Å². The number of aliphatic hydroxyl groups excluding tert-OH is 1. The third kappa shape index (κ3) is 2.74. The Morgan fingerprint density at radius 2 is 1.74 bits per heavy atom. The molecule has 3 nitrogen and oxygen atoms in total. The fraction of sp³-hybridized carbons (Fsp3) is 0.333. The van der Waals surface area contributed by atoms with E-state index in [1.54, 1.807) is 25.6 Å². The summed E-state index contributed by atoms with van der Waals surface area (Å²) in [5.41, 5.74) is 2.01. The van der Waals surface area contributed by atoms with Gasteiger partial charge < -0.3 is 14.6 Å². The number of hydrogen-bond acceptors (Lipinski definition) is 4. The number of methoxy groups -OCH3 is 2. The predicted octanol–water partition coefficient (Wildman–Crippen LogP) is 3.46. The first-order valence-corrected chi connectivity index (χ1v) is 6.85. The second-order valence-electron chi connectivity index (χ2n) is 4.40. The zero-order valence-corrected chi connectivity index (χ0v) is 12.4. The van der Waals surface area contributed by atoms with Crippen LogP contribution in [0.5, 0.6) is 11.5 Å². The van der Waals surface area contributed by atoms with Gasteiger partial charge in [-0.2, -0.15) is 0 Å². The van der Waals surface area contributed by atoms with Crippen LogP contribution in [0.15, 0.2) is 24.3 Å². The van der Waals surface area contributed by atoms with E-state index in [-0.39, 0.29) is 0 Å². The van der Waals surface area contributed by atoms with Crippen molar-refractivity contribution in [2.45, 2.75) is 20.0 Å². The first-order chi connectivity index (χ1) is 9.06. The lowest BCUT2D eigenvalue weighted by Gasteiger charge is -2.13. The van der Waals surface area contributed by atoms with Gasteiger partial charge in [0, 0.05) is 9.75 Å². The maximum absolute atomic E-state index is 10.4. The van der Waals surface area contributed by atoms with Gasteiger partial charge in [-0.3, -0.25) is 0 Å². The SMILES string of the molecule is COc1ccc(C(O)c2cc(C)c(C)s2)cc1OC. The first-order valence-electron chi connectivity index (χ1n) is 6.03. The van der Waals surface area contributed by atoms with Gasteiger partial charge in [-0.05, 0) is 43.2 Å². The van der Waals surface area contributed by atoms with Crippen LogP contribution in [0.25, 0.3) is 0 Å². The summed E-state index contributed by atoms with van der Waals surface area (Å²) in [4.78, 5) is 2.18. The van der Waals surface area contributed by atoms with Crippen LogP contribution in [-0.4, -0.2) is 19.3 Å². The van der Waals surface area contributed by atoms with Crippen molar-refractivity contribution in [3.8, 4) is 11.5 Å². The van der Waals surface area contributed by atoms with Gasteiger partial charge in [-0.1, -0.05) is 6.07 Å². The Kier molecular flexibility index (Phi) is 4.12. The molecule has 0 radical (unpaired) electrons. The van der Waals surface area contributed by atoms with Crippen molar-refractivity contribution in [2.75, 3.05) is 14.2 Å². The van der Waals surface area contributed by atoms with Gasteiger partial charge in [-0.15, -0.1) is 11.3 Å². The summed E-state index contributed by atoms with van der Waals surface area (Å²) < 4.78 is 10.5. The molecule has 2 rings (SSSR count). The van der Waals surface area contributed by atoms with E-state index in [0.29, 0.717) is 11.5 Å². The first kappa shape index (κ1) is 13.9. The summed E-state index contributed by atoms with van der Waals surface area (Å²) in [6.07, 6.45) is -0.628. The molecular weight excluding hydrogens is 260 g/mol. The topological polar surface area (TPSA) is 38.7 Å². The highest BCUT2D eigenvalue weighted by atomic mass is 32.1. The van der Waals surface area contributed by atoms with Crippen LogP contribution in [0.2, 0.25) is 0 Å². The number of ether oxygens (including phenoxy) is 2. The molecule has 4 heteroatoms. The van der Waals surface area contributed by atoms with E-state index >= 15 is 0 Å². The van der Waals surface area contributed by atoms with Gasteiger partial charge >= 0.3 is 0 Å². The molecule has 0 aliphatic rings.